The molecule has 2 saturated heterocycles. The number of likely N-dealkylation sites (N-methyl/N-ethyl adjacent to an activating group) is 3. The molecule has 4 heterocycles. The summed E-state index contributed by atoms with van der Waals surface area (Å²) in [5.74, 6) is 2.63. The molecule has 6 aromatic carbocycles. The predicted octanol–water partition coefficient (Wildman–Crippen LogP) is 11.9. The lowest BCUT2D eigenvalue weighted by Gasteiger charge is -2.46. The number of nitrogens with zero attached hydrogens (tertiary/aromatic N) is 4. The fourth-order valence-corrected chi connectivity index (χ4v) is 15.7. The van der Waals surface area contributed by atoms with E-state index in [0.29, 0.717) is 43.3 Å². The Kier molecular flexibility index (Phi) is 25.3. The minimum atomic E-state index is -0.573. The molecule has 0 saturated carbocycles. The predicted molar refractivity (Wildman–Crippen MR) is 384 cm³/mol. The average Bonchev–Trinajstić information content (AvgIpc) is 1.00. The van der Waals surface area contributed by atoms with Crippen LogP contribution in [0.1, 0.15) is 101 Å². The first-order valence-electron chi connectivity index (χ1n) is 35.6. The highest BCUT2D eigenvalue weighted by Gasteiger charge is 2.43. The van der Waals surface area contributed by atoms with E-state index in [1.807, 2.05) is 30.3 Å². The lowest BCUT2D eigenvalue weighted by Crippen LogP contribution is -2.52. The van der Waals surface area contributed by atoms with Gasteiger partial charge in [0.05, 0.1) is 136 Å². The molecule has 10 rings (SSSR count). The molecule has 100 heavy (non-hydrogen) atoms. The third kappa shape index (κ3) is 19.2. The SMILES string of the molecule is COc1ccc(CC2c3cc(OC)c(OC)cc3CC[N+]2(C)CCCOC(=O)/C=C\C(=O)OCC2CC[N+](C)(C(C)c3ccc(COc4cc5c(cc4OC)C(Cc4ccc(OC)cc4)[N+](C)(CCCOC(=O)/C=C\C(=O)OCC4CC[N+](C)(CCc6ccccc6)C4)CC5)cc3)C2)cc1. The number of esters is 4. The molecule has 18 heteroatoms. The van der Waals surface area contributed by atoms with Crippen LogP contribution in [0.5, 0.6) is 34.5 Å². The van der Waals surface area contributed by atoms with Crippen molar-refractivity contribution in [2.75, 3.05) is 149 Å². The van der Waals surface area contributed by atoms with Crippen molar-refractivity contribution in [3.8, 4) is 34.5 Å². The van der Waals surface area contributed by atoms with Gasteiger partial charge in [-0.3, -0.25) is 0 Å². The summed E-state index contributed by atoms with van der Waals surface area (Å²) in [5, 5.41) is 0. The normalized spacial score (nSPS) is 23.4. The number of carbonyl (C=O) groups is 4. The van der Waals surface area contributed by atoms with Gasteiger partial charge in [0.2, 0.25) is 0 Å². The Morgan fingerprint density at radius 1 is 0.470 bits per heavy atom. The van der Waals surface area contributed by atoms with Gasteiger partial charge in [-0.2, -0.15) is 0 Å². The van der Waals surface area contributed by atoms with E-state index in [4.69, 9.17) is 47.4 Å². The molecule has 0 amide bonds. The molecule has 0 N–H and O–H groups in total. The van der Waals surface area contributed by atoms with Crippen molar-refractivity contribution in [3.63, 3.8) is 0 Å². The van der Waals surface area contributed by atoms with Gasteiger partial charge in [-0.25, -0.2) is 19.2 Å². The van der Waals surface area contributed by atoms with E-state index < -0.39 is 23.9 Å². The Morgan fingerprint density at radius 2 is 0.920 bits per heavy atom. The molecule has 0 aliphatic carbocycles. The highest BCUT2D eigenvalue weighted by atomic mass is 16.6. The van der Waals surface area contributed by atoms with Crippen molar-refractivity contribution in [1.82, 2.24) is 0 Å². The van der Waals surface area contributed by atoms with Crippen LogP contribution in [0.15, 0.2) is 152 Å². The van der Waals surface area contributed by atoms with Gasteiger partial charge in [0.15, 0.2) is 23.0 Å². The van der Waals surface area contributed by atoms with E-state index in [-0.39, 0.29) is 49.8 Å². The number of methoxy groups -OCH3 is 5. The number of fused-ring (bicyclic) bond motifs is 2. The van der Waals surface area contributed by atoms with E-state index in [9.17, 15) is 19.2 Å². The molecule has 2 fully saturated rings. The topological polar surface area (TPSA) is 161 Å². The molecule has 534 valence electrons. The van der Waals surface area contributed by atoms with Gasteiger partial charge in [-0.1, -0.05) is 78.9 Å². The summed E-state index contributed by atoms with van der Waals surface area (Å²) < 4.78 is 60.9. The van der Waals surface area contributed by atoms with Crippen LogP contribution in [0, 0.1) is 11.8 Å². The zero-order valence-corrected chi connectivity index (χ0v) is 60.6. The number of carbonyl (C=O) groups excluding carboxylic acids is 4. The first-order valence-corrected chi connectivity index (χ1v) is 35.6. The number of ether oxygens (including phenoxy) is 10. The fourth-order valence-electron chi connectivity index (χ4n) is 15.7. The Bertz CT molecular complexity index is 3790. The molecular weight excluding hydrogens is 1260 g/mol. The van der Waals surface area contributed by atoms with Crippen molar-refractivity contribution < 1.29 is 84.5 Å². The fraction of sp³-hybridized carbons (Fsp3) is 0.463. The molecule has 0 radical (unpaired) electrons. The average molecular weight is 1370 g/mol. The molecule has 4 aliphatic rings. The van der Waals surface area contributed by atoms with Crippen molar-refractivity contribution in [2.24, 2.45) is 11.8 Å². The Labute approximate surface area is 592 Å². The number of benzene rings is 6. The van der Waals surface area contributed by atoms with Crippen LogP contribution in [-0.4, -0.2) is 191 Å². The largest absolute Gasteiger partial charge is 0.497 e. The van der Waals surface area contributed by atoms with Gasteiger partial charge in [-0.15, -0.1) is 0 Å². The highest BCUT2D eigenvalue weighted by molar-refractivity contribution is 5.92. The first kappa shape index (κ1) is 74.0. The number of hydrogen-bond acceptors (Lipinski definition) is 14. The summed E-state index contributed by atoms with van der Waals surface area (Å²) >= 11 is 0. The van der Waals surface area contributed by atoms with Crippen molar-refractivity contribution in [3.05, 3.63) is 202 Å². The van der Waals surface area contributed by atoms with E-state index in [0.717, 1.165) is 145 Å². The van der Waals surface area contributed by atoms with Crippen LogP contribution in [0.2, 0.25) is 0 Å². The zero-order valence-electron chi connectivity index (χ0n) is 60.6. The second-order valence-electron chi connectivity index (χ2n) is 29.0. The van der Waals surface area contributed by atoms with E-state index in [2.05, 4.69) is 132 Å². The quantitative estimate of drug-likeness (QED) is 0.0126. The third-order valence-electron chi connectivity index (χ3n) is 22.1. The third-order valence-corrected chi connectivity index (χ3v) is 22.1. The molecule has 0 bridgehead atoms. The smallest absolute Gasteiger partial charge is 0.331 e. The van der Waals surface area contributed by atoms with E-state index in [1.54, 1.807) is 35.5 Å². The minimum absolute atomic E-state index is 0.0633. The van der Waals surface area contributed by atoms with Gasteiger partial charge in [-0.05, 0) is 88.8 Å². The van der Waals surface area contributed by atoms with Gasteiger partial charge >= 0.3 is 23.9 Å². The minimum Gasteiger partial charge on any atom is -0.497 e. The first-order chi connectivity index (χ1) is 48.2. The van der Waals surface area contributed by atoms with Crippen molar-refractivity contribution >= 4 is 23.9 Å². The van der Waals surface area contributed by atoms with Crippen molar-refractivity contribution in [2.45, 2.75) is 89.4 Å². The van der Waals surface area contributed by atoms with Crippen LogP contribution >= 0.6 is 0 Å². The Morgan fingerprint density at radius 3 is 1.42 bits per heavy atom. The number of likely N-dealkylation sites (tertiary alicyclic amines) is 2. The van der Waals surface area contributed by atoms with Crippen LogP contribution in [0.3, 0.4) is 0 Å². The summed E-state index contributed by atoms with van der Waals surface area (Å²) in [5.41, 5.74) is 10.9. The standard InChI is InChI=1S/C82H106N4O14/c1-59(86(5)43-36-65(55-86)58-100-82(90)33-31-80(88)97-46-14-39-84(3)44-37-67-50-75(93-8)76(94-9)52-71(67)73(84)48-61-20-26-69(91-6)27-21-61)66-24-18-63(19-25-66)56-98-78-51-68-38-45-85(4,74(72(68)53-77(78)95-10)49-62-22-28-70(92-7)29-23-62)40-15-47-96-79(87)30-32-81(89)99-57-64-35-42-83(2,54-64)41-34-60-16-12-11-13-17-60/h11-13,16-33,50-53,59,64-65,73-74H,14-15,34-49,54-58H2,1-10H3/q+4/b32-30-,33-31-. The van der Waals surface area contributed by atoms with Gasteiger partial charge < -0.3 is 65.3 Å². The summed E-state index contributed by atoms with van der Waals surface area (Å²) in [6, 6.07) is 44.6. The maximum Gasteiger partial charge on any atom is 0.331 e. The second-order valence-corrected chi connectivity index (χ2v) is 29.0. The summed E-state index contributed by atoms with van der Waals surface area (Å²) in [4.78, 5) is 51.4. The number of rotatable bonds is 33. The van der Waals surface area contributed by atoms with Gasteiger partial charge in [0.1, 0.15) is 49.4 Å². The van der Waals surface area contributed by atoms with Crippen LogP contribution in [0.25, 0.3) is 0 Å². The molecule has 9 unspecified atom stereocenters. The number of quaternary nitrogens is 4. The Hall–Kier alpha value is -8.68. The second kappa shape index (κ2) is 34.1. The molecular formula is C82H106N4O14+4. The molecule has 6 aromatic rings. The summed E-state index contributed by atoms with van der Waals surface area (Å²) in [7, 11) is 17.5. The summed E-state index contributed by atoms with van der Waals surface area (Å²) in [6.45, 7) is 11.8. The zero-order chi connectivity index (χ0) is 70.9. The lowest BCUT2D eigenvalue weighted by atomic mass is 9.86. The Balaban J connectivity index is 0.664. The molecule has 4 aliphatic heterocycles. The molecule has 0 aromatic heterocycles. The molecule has 9 atom stereocenters. The van der Waals surface area contributed by atoms with Crippen molar-refractivity contribution in [1.29, 1.82) is 0 Å². The van der Waals surface area contributed by atoms with Crippen LogP contribution in [-0.2, 0) is 76.8 Å². The highest BCUT2D eigenvalue weighted by Crippen LogP contribution is 2.45. The maximum atomic E-state index is 13.0. The number of hydrogen-bond donors (Lipinski definition) is 0. The molecule has 0 spiro atoms. The van der Waals surface area contributed by atoms with Gasteiger partial charge in [0, 0.05) is 111 Å². The van der Waals surface area contributed by atoms with Crippen LogP contribution < -0.4 is 28.4 Å². The monoisotopic (exact) mass is 1370 g/mol. The van der Waals surface area contributed by atoms with Crippen LogP contribution in [0.4, 0.5) is 0 Å². The lowest BCUT2D eigenvalue weighted by molar-refractivity contribution is -0.941. The van der Waals surface area contributed by atoms with Gasteiger partial charge in [0.25, 0.3) is 0 Å². The summed E-state index contributed by atoms with van der Waals surface area (Å²) in [6.07, 6.45) is 12.2. The maximum absolute atomic E-state index is 13.0. The van der Waals surface area contributed by atoms with E-state index in [1.165, 1.54) is 68.8 Å². The molecule has 18 nitrogen and oxygen atoms in total. The van der Waals surface area contributed by atoms with E-state index >= 15 is 0 Å².